The number of amides is 4. The highest BCUT2D eigenvalue weighted by Crippen LogP contribution is 2.78. The highest BCUT2D eigenvalue weighted by Gasteiger charge is 2.80. The van der Waals surface area contributed by atoms with E-state index in [4.69, 9.17) is 0 Å². The minimum atomic E-state index is -4.39. The molecule has 6 rings (SSSR count). The monoisotopic (exact) mass is 559 g/mol. The number of hydrogen-bond acceptors (Lipinski definition) is 6. The molecule has 1 heterocycles. The molecule has 40 heavy (non-hydrogen) atoms. The van der Waals surface area contributed by atoms with Crippen LogP contribution in [0.25, 0.3) is 0 Å². The van der Waals surface area contributed by atoms with Crippen molar-refractivity contribution in [3.8, 4) is 6.07 Å². The first-order valence-electron chi connectivity index (χ1n) is 13.1. The van der Waals surface area contributed by atoms with Crippen molar-refractivity contribution in [2.75, 3.05) is 5.32 Å². The fourth-order valence-electron chi connectivity index (χ4n) is 6.05. The highest BCUT2D eigenvalue weighted by atomic mass is 19.4. The molecule has 2 bridgehead atoms. The molecule has 13 heteroatoms. The molecule has 1 saturated heterocycles. The van der Waals surface area contributed by atoms with Crippen molar-refractivity contribution >= 4 is 35.1 Å². The zero-order valence-corrected chi connectivity index (χ0v) is 21.6. The molecule has 212 valence electrons. The van der Waals surface area contributed by atoms with Crippen LogP contribution in [0.2, 0.25) is 0 Å². The number of rotatable bonds is 9. The topological polar surface area (TPSA) is 157 Å². The van der Waals surface area contributed by atoms with Gasteiger partial charge in [0.2, 0.25) is 17.6 Å². The van der Waals surface area contributed by atoms with Gasteiger partial charge in [-0.2, -0.15) is 18.4 Å². The molecular weight excluding hydrogens is 531 g/mol. The van der Waals surface area contributed by atoms with E-state index in [0.29, 0.717) is 6.42 Å². The smallest absolute Gasteiger partial charge is 0.353 e. The van der Waals surface area contributed by atoms with E-state index in [1.54, 1.807) is 6.92 Å². The number of hydrogen-bond donors (Lipinski definition) is 4. The lowest BCUT2D eigenvalue weighted by Crippen LogP contribution is -2.71. The van der Waals surface area contributed by atoms with E-state index < -0.39 is 52.5 Å². The first kappa shape index (κ1) is 27.6. The third-order valence-electron chi connectivity index (χ3n) is 8.43. The van der Waals surface area contributed by atoms with Crippen molar-refractivity contribution in [1.82, 2.24) is 16.0 Å². The van der Waals surface area contributed by atoms with Crippen LogP contribution in [0.1, 0.15) is 67.8 Å². The van der Waals surface area contributed by atoms with Gasteiger partial charge in [-0.25, -0.2) is 0 Å². The Labute approximate surface area is 227 Å². The first-order chi connectivity index (χ1) is 18.8. The normalized spacial score (nSPS) is 29.1. The van der Waals surface area contributed by atoms with Crippen molar-refractivity contribution in [2.24, 2.45) is 16.7 Å². The van der Waals surface area contributed by atoms with E-state index in [9.17, 15) is 42.4 Å². The number of benzene rings is 1. The van der Waals surface area contributed by atoms with Crippen LogP contribution in [0.3, 0.4) is 0 Å². The molecule has 4 amide bonds. The molecule has 1 aromatic carbocycles. The van der Waals surface area contributed by atoms with Crippen molar-refractivity contribution < 1.29 is 37.1 Å². The second-order valence-corrected chi connectivity index (χ2v) is 11.6. The number of alkyl halides is 3. The quantitative estimate of drug-likeness (QED) is 0.340. The van der Waals surface area contributed by atoms with E-state index in [1.165, 1.54) is 18.2 Å². The van der Waals surface area contributed by atoms with Gasteiger partial charge in [0, 0.05) is 18.0 Å². The van der Waals surface area contributed by atoms with Gasteiger partial charge in [-0.1, -0.05) is 0 Å². The molecule has 0 spiro atoms. The number of carbonyl (C=O) groups is 5. The van der Waals surface area contributed by atoms with Crippen LogP contribution in [-0.4, -0.2) is 53.7 Å². The summed E-state index contributed by atoms with van der Waals surface area (Å²) in [6.45, 7) is 1.79. The summed E-state index contributed by atoms with van der Waals surface area (Å²) in [4.78, 5) is 64.3. The van der Waals surface area contributed by atoms with Gasteiger partial charge in [-0.05, 0) is 70.1 Å². The van der Waals surface area contributed by atoms with Gasteiger partial charge in [-0.3, -0.25) is 24.0 Å². The van der Waals surface area contributed by atoms with Crippen molar-refractivity contribution in [1.29, 1.82) is 5.26 Å². The van der Waals surface area contributed by atoms with Gasteiger partial charge in [0.25, 0.3) is 11.8 Å². The molecule has 4 N–H and O–H groups in total. The Hall–Kier alpha value is -3.95. The highest BCUT2D eigenvalue weighted by molar-refractivity contribution is 6.38. The first-order valence-corrected chi connectivity index (χ1v) is 13.1. The number of nitrogens with one attached hydrogen (secondary N) is 4. The maximum Gasteiger partial charge on any atom is 0.394 e. The van der Waals surface area contributed by atoms with Crippen LogP contribution in [0, 0.1) is 28.1 Å². The maximum atomic E-state index is 13.4. The fourth-order valence-corrected chi connectivity index (χ4v) is 6.05. The summed E-state index contributed by atoms with van der Waals surface area (Å²) in [6, 6.07) is 4.05. The molecule has 5 fully saturated rings. The summed E-state index contributed by atoms with van der Waals surface area (Å²) < 4.78 is 39.7. The van der Waals surface area contributed by atoms with Crippen LogP contribution in [0.5, 0.6) is 0 Å². The number of nitriles is 1. The Morgan fingerprint density at radius 2 is 1.85 bits per heavy atom. The Bertz CT molecular complexity index is 1330. The summed E-state index contributed by atoms with van der Waals surface area (Å²) in [5.41, 5.74) is -3.21. The van der Waals surface area contributed by atoms with E-state index in [2.05, 4.69) is 21.3 Å². The SMILES string of the molecule is C[C@@H]1C[C@@H](CC(NC(=O)c2cc(C#N)ccc2NC(=O)C23CC(C(F)(F)F)(C2)C3)C(=O)C(=O)NC2CC2)C(=O)N1. The zero-order chi connectivity index (χ0) is 29.0. The van der Waals surface area contributed by atoms with Gasteiger partial charge in [0.05, 0.1) is 39.8 Å². The molecule has 3 atom stereocenters. The van der Waals surface area contributed by atoms with E-state index in [1.807, 2.05) is 6.07 Å². The average molecular weight is 560 g/mol. The van der Waals surface area contributed by atoms with Gasteiger partial charge in [-0.15, -0.1) is 0 Å². The molecule has 4 saturated carbocycles. The van der Waals surface area contributed by atoms with Crippen LogP contribution < -0.4 is 21.3 Å². The van der Waals surface area contributed by atoms with Gasteiger partial charge >= 0.3 is 6.18 Å². The van der Waals surface area contributed by atoms with Crippen LogP contribution in [0.4, 0.5) is 18.9 Å². The predicted molar refractivity (Wildman–Crippen MR) is 132 cm³/mol. The fraction of sp³-hybridized carbons (Fsp3) is 0.556. The van der Waals surface area contributed by atoms with E-state index in [0.717, 1.165) is 12.8 Å². The third-order valence-corrected chi connectivity index (χ3v) is 8.43. The number of halogens is 3. The van der Waals surface area contributed by atoms with Crippen molar-refractivity contribution in [3.05, 3.63) is 29.3 Å². The lowest BCUT2D eigenvalue weighted by atomic mass is 9.34. The average Bonchev–Trinajstić information content (AvgIpc) is 3.57. The second kappa shape index (κ2) is 9.60. The number of ketones is 1. The predicted octanol–water partition coefficient (Wildman–Crippen LogP) is 2.09. The number of nitrogens with zero attached hydrogens (tertiary/aromatic N) is 1. The summed E-state index contributed by atoms with van der Waals surface area (Å²) in [7, 11) is 0. The maximum absolute atomic E-state index is 13.4. The molecule has 1 aliphatic heterocycles. The molecule has 5 aliphatic rings. The minimum absolute atomic E-state index is 0.0480. The number of anilines is 1. The molecule has 1 aromatic rings. The van der Waals surface area contributed by atoms with E-state index >= 15 is 0 Å². The van der Waals surface area contributed by atoms with Crippen LogP contribution in [-0.2, 0) is 19.2 Å². The Kier molecular flexibility index (Phi) is 6.63. The zero-order valence-electron chi connectivity index (χ0n) is 21.6. The molecule has 0 radical (unpaired) electrons. The Morgan fingerprint density at radius 3 is 2.40 bits per heavy atom. The van der Waals surface area contributed by atoms with E-state index in [-0.39, 0.29) is 60.5 Å². The number of carbonyl (C=O) groups excluding carboxylic acids is 5. The molecule has 1 unspecified atom stereocenters. The van der Waals surface area contributed by atoms with Gasteiger partial charge in [0.15, 0.2) is 0 Å². The Morgan fingerprint density at radius 1 is 1.18 bits per heavy atom. The minimum Gasteiger partial charge on any atom is -0.353 e. The molecule has 10 nitrogen and oxygen atoms in total. The molecular formula is C27H28F3N5O5. The third kappa shape index (κ3) is 4.91. The summed E-state index contributed by atoms with van der Waals surface area (Å²) in [6.07, 6.45) is -3.67. The lowest BCUT2D eigenvalue weighted by molar-refractivity contribution is -0.349. The van der Waals surface area contributed by atoms with Gasteiger partial charge < -0.3 is 21.3 Å². The molecule has 4 aliphatic carbocycles. The molecule has 0 aromatic heterocycles. The van der Waals surface area contributed by atoms with Crippen molar-refractivity contribution in [2.45, 2.75) is 76.2 Å². The summed E-state index contributed by atoms with van der Waals surface area (Å²) in [5.74, 6) is -4.31. The second-order valence-electron chi connectivity index (χ2n) is 11.6. The standard InChI is InChI=1S/C27H28F3N5O5/c1-13-6-15(21(37)32-13)8-19(20(36)23(39)33-16-3-4-16)34-22(38)17-7-14(9-31)2-5-18(17)35-24(40)25-10-26(11-25,12-25)27(28,29)30/h2,5,7,13,15-16,19H,3-4,6,8,10-12H2,1H3,(H,32,37)(H,33,39)(H,34,38)(H,35,40)/t13-,15+,19?,25?,26?/m1/s1. The van der Waals surface area contributed by atoms with Crippen molar-refractivity contribution in [3.63, 3.8) is 0 Å². The largest absolute Gasteiger partial charge is 0.394 e. The number of Topliss-reactive ketones (excluding diaryl/α,β-unsaturated/α-hetero) is 1. The van der Waals surface area contributed by atoms with Gasteiger partial charge in [0.1, 0.15) is 0 Å². The Balaban J connectivity index is 1.34. The summed E-state index contributed by atoms with van der Waals surface area (Å²) in [5, 5.41) is 19.7. The van der Waals surface area contributed by atoms with Crippen LogP contribution in [0.15, 0.2) is 18.2 Å². The van der Waals surface area contributed by atoms with Crippen LogP contribution >= 0.6 is 0 Å². The summed E-state index contributed by atoms with van der Waals surface area (Å²) >= 11 is 0. The lowest BCUT2D eigenvalue weighted by Gasteiger charge is -2.69.